The topological polar surface area (TPSA) is 54.3 Å². The van der Waals surface area contributed by atoms with Crippen molar-refractivity contribution < 1.29 is 9.47 Å². The van der Waals surface area contributed by atoms with Crippen molar-refractivity contribution in [1.82, 2.24) is 5.32 Å². The SMILES string of the molecule is COc1ccc(OC)c(C(C)(C)CNC(C)C#N)c1. The highest BCUT2D eigenvalue weighted by Gasteiger charge is 2.25. The molecule has 1 atom stereocenters. The Morgan fingerprint density at radius 3 is 2.53 bits per heavy atom. The molecule has 0 saturated heterocycles. The highest BCUT2D eigenvalue weighted by Crippen LogP contribution is 2.34. The first-order valence-corrected chi connectivity index (χ1v) is 6.30. The summed E-state index contributed by atoms with van der Waals surface area (Å²) in [5, 5.41) is 12.0. The van der Waals surface area contributed by atoms with Gasteiger partial charge in [0.2, 0.25) is 0 Å². The number of benzene rings is 1. The van der Waals surface area contributed by atoms with Crippen molar-refractivity contribution in [1.29, 1.82) is 5.26 Å². The molecule has 4 heteroatoms. The summed E-state index contributed by atoms with van der Waals surface area (Å²) in [6.45, 7) is 6.76. The van der Waals surface area contributed by atoms with Gasteiger partial charge in [0, 0.05) is 17.5 Å². The zero-order valence-electron chi connectivity index (χ0n) is 12.3. The van der Waals surface area contributed by atoms with Crippen molar-refractivity contribution in [3.8, 4) is 17.6 Å². The second-order valence-corrected chi connectivity index (χ2v) is 5.18. The van der Waals surface area contributed by atoms with Gasteiger partial charge < -0.3 is 14.8 Å². The van der Waals surface area contributed by atoms with E-state index in [2.05, 4.69) is 25.2 Å². The standard InChI is InChI=1S/C15H22N2O2/c1-11(9-16)17-10-15(2,3)13-8-12(18-4)6-7-14(13)19-5/h6-8,11,17H,10H2,1-5H3. The molecule has 1 aromatic rings. The molecule has 4 nitrogen and oxygen atoms in total. The Hall–Kier alpha value is -1.73. The van der Waals surface area contributed by atoms with Gasteiger partial charge in [-0.1, -0.05) is 13.8 Å². The molecule has 0 aromatic heterocycles. The van der Waals surface area contributed by atoms with E-state index in [-0.39, 0.29) is 11.5 Å². The molecule has 0 aliphatic carbocycles. The number of nitrogens with zero attached hydrogens (tertiary/aromatic N) is 1. The monoisotopic (exact) mass is 262 g/mol. The molecule has 1 rings (SSSR count). The number of nitriles is 1. The highest BCUT2D eigenvalue weighted by molar-refractivity contribution is 5.44. The molecule has 0 fully saturated rings. The third-order valence-electron chi connectivity index (χ3n) is 3.18. The van der Waals surface area contributed by atoms with Gasteiger partial charge in [0.15, 0.2) is 0 Å². The van der Waals surface area contributed by atoms with Gasteiger partial charge in [-0.3, -0.25) is 0 Å². The van der Waals surface area contributed by atoms with Gasteiger partial charge >= 0.3 is 0 Å². The third kappa shape index (κ3) is 3.87. The number of rotatable bonds is 6. The Morgan fingerprint density at radius 1 is 1.32 bits per heavy atom. The smallest absolute Gasteiger partial charge is 0.122 e. The van der Waals surface area contributed by atoms with Gasteiger partial charge in [0.05, 0.1) is 26.3 Å². The van der Waals surface area contributed by atoms with E-state index in [1.165, 1.54) is 0 Å². The summed E-state index contributed by atoms with van der Waals surface area (Å²) in [5.41, 5.74) is 0.900. The Bertz CT molecular complexity index is 464. The van der Waals surface area contributed by atoms with Gasteiger partial charge in [-0.05, 0) is 25.1 Å². The summed E-state index contributed by atoms with van der Waals surface area (Å²) in [6, 6.07) is 7.77. The lowest BCUT2D eigenvalue weighted by molar-refractivity contribution is 0.376. The van der Waals surface area contributed by atoms with Gasteiger partial charge in [-0.2, -0.15) is 5.26 Å². The molecule has 0 aliphatic rings. The average Bonchev–Trinajstić information content (AvgIpc) is 2.43. The molecule has 0 radical (unpaired) electrons. The molecule has 1 aromatic carbocycles. The van der Waals surface area contributed by atoms with Crippen molar-refractivity contribution in [2.45, 2.75) is 32.2 Å². The zero-order valence-corrected chi connectivity index (χ0v) is 12.3. The Labute approximate surface area is 115 Å². The minimum atomic E-state index is -0.170. The van der Waals surface area contributed by atoms with Crippen LogP contribution in [0.1, 0.15) is 26.3 Å². The minimum absolute atomic E-state index is 0.162. The maximum absolute atomic E-state index is 8.83. The summed E-state index contributed by atoms with van der Waals surface area (Å²) >= 11 is 0. The van der Waals surface area contributed by atoms with Crippen LogP contribution < -0.4 is 14.8 Å². The minimum Gasteiger partial charge on any atom is -0.497 e. The van der Waals surface area contributed by atoms with Crippen LogP contribution in [-0.4, -0.2) is 26.8 Å². The predicted octanol–water partition coefficient (Wildman–Crippen LogP) is 2.48. The molecule has 0 spiro atoms. The molecule has 0 amide bonds. The molecule has 0 saturated carbocycles. The Balaban J connectivity index is 3.01. The average molecular weight is 262 g/mol. The number of hydrogen-bond acceptors (Lipinski definition) is 4. The molecule has 104 valence electrons. The van der Waals surface area contributed by atoms with Crippen LogP contribution in [0.15, 0.2) is 18.2 Å². The van der Waals surface area contributed by atoms with E-state index in [4.69, 9.17) is 14.7 Å². The van der Waals surface area contributed by atoms with Crippen molar-refractivity contribution in [2.75, 3.05) is 20.8 Å². The third-order valence-corrected chi connectivity index (χ3v) is 3.18. The fourth-order valence-corrected chi connectivity index (χ4v) is 1.89. The molecule has 0 heterocycles. The first-order valence-electron chi connectivity index (χ1n) is 6.30. The fourth-order valence-electron chi connectivity index (χ4n) is 1.89. The lowest BCUT2D eigenvalue weighted by Gasteiger charge is -2.28. The van der Waals surface area contributed by atoms with Crippen LogP contribution in [0.4, 0.5) is 0 Å². The van der Waals surface area contributed by atoms with Crippen molar-refractivity contribution in [3.63, 3.8) is 0 Å². The number of hydrogen-bond donors (Lipinski definition) is 1. The quantitative estimate of drug-likeness (QED) is 0.855. The maximum Gasteiger partial charge on any atom is 0.122 e. The van der Waals surface area contributed by atoms with E-state index < -0.39 is 0 Å². The Morgan fingerprint density at radius 2 is 2.00 bits per heavy atom. The zero-order chi connectivity index (χ0) is 14.5. The van der Waals surface area contributed by atoms with Gasteiger partial charge in [-0.15, -0.1) is 0 Å². The van der Waals surface area contributed by atoms with Crippen LogP contribution in [0.3, 0.4) is 0 Å². The van der Waals surface area contributed by atoms with Gasteiger partial charge in [-0.25, -0.2) is 0 Å². The lowest BCUT2D eigenvalue weighted by atomic mass is 9.83. The fraction of sp³-hybridized carbons (Fsp3) is 0.533. The summed E-state index contributed by atoms with van der Waals surface area (Å²) < 4.78 is 10.7. The summed E-state index contributed by atoms with van der Waals surface area (Å²) in [4.78, 5) is 0. The highest BCUT2D eigenvalue weighted by atomic mass is 16.5. The van der Waals surface area contributed by atoms with Gasteiger partial charge in [0.1, 0.15) is 11.5 Å². The van der Waals surface area contributed by atoms with Crippen molar-refractivity contribution in [3.05, 3.63) is 23.8 Å². The molecule has 1 N–H and O–H groups in total. The van der Waals surface area contributed by atoms with Crippen LogP contribution in [-0.2, 0) is 5.41 Å². The van der Waals surface area contributed by atoms with E-state index >= 15 is 0 Å². The van der Waals surface area contributed by atoms with Crippen LogP contribution in [0.2, 0.25) is 0 Å². The number of methoxy groups -OCH3 is 2. The van der Waals surface area contributed by atoms with E-state index in [0.717, 1.165) is 17.1 Å². The molecule has 1 unspecified atom stereocenters. The summed E-state index contributed by atoms with van der Waals surface area (Å²) in [6.07, 6.45) is 0. The number of nitrogens with one attached hydrogen (secondary N) is 1. The summed E-state index contributed by atoms with van der Waals surface area (Å²) in [7, 11) is 3.31. The maximum atomic E-state index is 8.83. The van der Waals surface area contributed by atoms with Crippen molar-refractivity contribution >= 4 is 0 Å². The first-order chi connectivity index (χ1) is 8.94. The van der Waals surface area contributed by atoms with Crippen molar-refractivity contribution in [2.24, 2.45) is 0 Å². The van der Waals surface area contributed by atoms with E-state index in [1.807, 2.05) is 25.1 Å². The second kappa shape index (κ2) is 6.44. The van der Waals surface area contributed by atoms with Crippen LogP contribution >= 0.6 is 0 Å². The Kier molecular flexibility index (Phi) is 5.20. The van der Waals surface area contributed by atoms with Crippen LogP contribution in [0.5, 0.6) is 11.5 Å². The first kappa shape index (κ1) is 15.3. The summed E-state index contributed by atoms with van der Waals surface area (Å²) in [5.74, 6) is 1.63. The predicted molar refractivity (Wildman–Crippen MR) is 75.6 cm³/mol. The lowest BCUT2D eigenvalue weighted by Crippen LogP contribution is -2.37. The molecule has 0 bridgehead atoms. The second-order valence-electron chi connectivity index (χ2n) is 5.18. The van der Waals surface area contributed by atoms with E-state index in [0.29, 0.717) is 6.54 Å². The number of ether oxygens (including phenoxy) is 2. The normalized spacial score (nSPS) is 12.6. The molecule has 19 heavy (non-hydrogen) atoms. The van der Waals surface area contributed by atoms with E-state index in [1.54, 1.807) is 14.2 Å². The van der Waals surface area contributed by atoms with Crippen LogP contribution in [0, 0.1) is 11.3 Å². The molecular formula is C15H22N2O2. The van der Waals surface area contributed by atoms with Crippen LogP contribution in [0.25, 0.3) is 0 Å². The van der Waals surface area contributed by atoms with E-state index in [9.17, 15) is 0 Å². The molecule has 0 aliphatic heterocycles. The van der Waals surface area contributed by atoms with Gasteiger partial charge in [0.25, 0.3) is 0 Å². The molecular weight excluding hydrogens is 240 g/mol. The largest absolute Gasteiger partial charge is 0.497 e.